The van der Waals surface area contributed by atoms with Gasteiger partial charge in [0.1, 0.15) is 10.7 Å². The van der Waals surface area contributed by atoms with Crippen LogP contribution in [0.3, 0.4) is 0 Å². The quantitative estimate of drug-likeness (QED) is 0.799. The standard InChI is InChI=1S/C13H8ClFO4S/c14-10-7-2-1-6(15)5-9(7)20-11(10)13(17)19-8-3-4-18-12(8)16/h1-2,5,8H,3-4H2. The molecule has 1 aliphatic rings. The molecule has 2 heterocycles. The van der Waals surface area contributed by atoms with Crippen LogP contribution in [-0.4, -0.2) is 24.6 Å². The SMILES string of the molecule is O=C(OC1CCOC1=O)c1sc2cc(F)ccc2c1Cl. The van der Waals surface area contributed by atoms with Crippen LogP contribution in [0.2, 0.25) is 5.02 Å². The van der Waals surface area contributed by atoms with E-state index < -0.39 is 23.9 Å². The van der Waals surface area contributed by atoms with Crippen molar-refractivity contribution in [2.24, 2.45) is 0 Å². The maximum atomic E-state index is 13.1. The Balaban J connectivity index is 1.91. The van der Waals surface area contributed by atoms with Gasteiger partial charge in [0.2, 0.25) is 6.10 Å². The first-order valence-electron chi connectivity index (χ1n) is 5.81. The van der Waals surface area contributed by atoms with Crippen molar-refractivity contribution in [2.45, 2.75) is 12.5 Å². The Bertz CT molecular complexity index is 712. The molecule has 0 saturated carbocycles. The summed E-state index contributed by atoms with van der Waals surface area (Å²) in [4.78, 5) is 23.4. The molecule has 0 amide bonds. The van der Waals surface area contributed by atoms with Gasteiger partial charge in [-0.05, 0) is 18.2 Å². The first kappa shape index (κ1) is 13.3. The van der Waals surface area contributed by atoms with E-state index in [4.69, 9.17) is 21.1 Å². The van der Waals surface area contributed by atoms with Crippen LogP contribution in [0.4, 0.5) is 4.39 Å². The molecule has 0 aliphatic carbocycles. The maximum absolute atomic E-state index is 13.1. The molecule has 1 saturated heterocycles. The van der Waals surface area contributed by atoms with E-state index in [0.717, 1.165) is 11.3 Å². The second-order valence-electron chi connectivity index (χ2n) is 4.24. The number of carbonyl (C=O) groups excluding carboxylic acids is 2. The van der Waals surface area contributed by atoms with Crippen LogP contribution in [0, 0.1) is 5.82 Å². The molecule has 3 rings (SSSR count). The third kappa shape index (κ3) is 2.25. The molecule has 1 unspecified atom stereocenters. The summed E-state index contributed by atoms with van der Waals surface area (Å²) in [5.41, 5.74) is 0. The van der Waals surface area contributed by atoms with E-state index in [2.05, 4.69) is 0 Å². The van der Waals surface area contributed by atoms with Gasteiger partial charge in [0.05, 0.1) is 11.6 Å². The molecular weight excluding hydrogens is 307 g/mol. The predicted octanol–water partition coefficient (Wildman–Crippen LogP) is 3.17. The number of fused-ring (bicyclic) bond motifs is 1. The van der Waals surface area contributed by atoms with Gasteiger partial charge >= 0.3 is 11.9 Å². The van der Waals surface area contributed by atoms with Gasteiger partial charge in [-0.2, -0.15) is 0 Å². The number of esters is 2. The predicted molar refractivity (Wildman–Crippen MR) is 71.6 cm³/mol. The van der Waals surface area contributed by atoms with Gasteiger partial charge in [0.15, 0.2) is 0 Å². The minimum Gasteiger partial charge on any atom is -0.463 e. The highest BCUT2D eigenvalue weighted by molar-refractivity contribution is 7.21. The molecule has 104 valence electrons. The van der Waals surface area contributed by atoms with E-state index in [9.17, 15) is 14.0 Å². The molecule has 0 bridgehead atoms. The molecule has 4 nitrogen and oxygen atoms in total. The molecule has 7 heteroatoms. The fourth-order valence-corrected chi connectivity index (χ4v) is 3.35. The van der Waals surface area contributed by atoms with Gasteiger partial charge in [-0.25, -0.2) is 14.0 Å². The lowest BCUT2D eigenvalue weighted by Crippen LogP contribution is -2.22. The number of hydrogen-bond donors (Lipinski definition) is 0. The smallest absolute Gasteiger partial charge is 0.350 e. The van der Waals surface area contributed by atoms with Crippen molar-refractivity contribution >= 4 is 45.0 Å². The van der Waals surface area contributed by atoms with Gasteiger partial charge in [0.25, 0.3) is 0 Å². The van der Waals surface area contributed by atoms with Gasteiger partial charge in [-0.1, -0.05) is 11.6 Å². The Morgan fingerprint density at radius 2 is 2.30 bits per heavy atom. The zero-order chi connectivity index (χ0) is 14.3. The zero-order valence-electron chi connectivity index (χ0n) is 10.0. The number of halogens is 2. The summed E-state index contributed by atoms with van der Waals surface area (Å²) < 4.78 is 23.5. The van der Waals surface area contributed by atoms with E-state index in [-0.39, 0.29) is 16.5 Å². The van der Waals surface area contributed by atoms with Crippen LogP contribution < -0.4 is 0 Å². The number of hydrogen-bond acceptors (Lipinski definition) is 5. The van der Waals surface area contributed by atoms with Crippen molar-refractivity contribution in [1.82, 2.24) is 0 Å². The van der Waals surface area contributed by atoms with Crippen molar-refractivity contribution < 1.29 is 23.5 Å². The summed E-state index contributed by atoms with van der Waals surface area (Å²) in [7, 11) is 0. The highest BCUT2D eigenvalue weighted by Crippen LogP contribution is 2.36. The zero-order valence-corrected chi connectivity index (χ0v) is 11.6. The Morgan fingerprint density at radius 3 is 3.00 bits per heavy atom. The number of ether oxygens (including phenoxy) is 2. The molecule has 0 spiro atoms. The number of rotatable bonds is 2. The van der Waals surface area contributed by atoms with Crippen molar-refractivity contribution in [3.63, 3.8) is 0 Å². The summed E-state index contributed by atoms with van der Waals surface area (Å²) >= 11 is 7.13. The first-order chi connectivity index (χ1) is 9.56. The monoisotopic (exact) mass is 314 g/mol. The van der Waals surface area contributed by atoms with Gasteiger partial charge in [-0.15, -0.1) is 11.3 Å². The van der Waals surface area contributed by atoms with E-state index in [1.54, 1.807) is 0 Å². The Morgan fingerprint density at radius 1 is 1.50 bits per heavy atom. The largest absolute Gasteiger partial charge is 0.463 e. The second-order valence-corrected chi connectivity index (χ2v) is 5.67. The van der Waals surface area contributed by atoms with Gasteiger partial charge in [-0.3, -0.25) is 0 Å². The summed E-state index contributed by atoms with van der Waals surface area (Å²) in [5.74, 6) is -1.66. The fourth-order valence-electron chi connectivity index (χ4n) is 1.94. The van der Waals surface area contributed by atoms with Crippen molar-refractivity contribution in [3.05, 3.63) is 33.9 Å². The third-order valence-electron chi connectivity index (χ3n) is 2.91. The molecule has 20 heavy (non-hydrogen) atoms. The Labute approximate surface area is 122 Å². The molecule has 1 aromatic carbocycles. The van der Waals surface area contributed by atoms with Crippen molar-refractivity contribution in [1.29, 1.82) is 0 Å². The first-order valence-corrected chi connectivity index (χ1v) is 7.01. The van der Waals surface area contributed by atoms with Gasteiger partial charge in [0, 0.05) is 16.5 Å². The number of carbonyl (C=O) groups is 2. The maximum Gasteiger partial charge on any atom is 0.350 e. The van der Waals surface area contributed by atoms with E-state index in [1.807, 2.05) is 0 Å². The summed E-state index contributed by atoms with van der Waals surface area (Å²) in [6.45, 7) is 0.238. The number of cyclic esters (lactones) is 1. The number of benzene rings is 1. The minimum atomic E-state index is -0.888. The summed E-state index contributed by atoms with van der Waals surface area (Å²) in [5, 5.41) is 0.792. The van der Waals surface area contributed by atoms with E-state index in [0.29, 0.717) is 16.5 Å². The van der Waals surface area contributed by atoms with Crippen LogP contribution in [0.1, 0.15) is 16.1 Å². The van der Waals surface area contributed by atoms with Crippen LogP contribution >= 0.6 is 22.9 Å². The Hall–Kier alpha value is -1.66. The lowest BCUT2D eigenvalue weighted by Gasteiger charge is -2.06. The van der Waals surface area contributed by atoms with E-state index >= 15 is 0 Å². The van der Waals surface area contributed by atoms with Crippen LogP contribution in [0.15, 0.2) is 18.2 Å². The van der Waals surface area contributed by atoms with Crippen molar-refractivity contribution in [2.75, 3.05) is 6.61 Å². The lowest BCUT2D eigenvalue weighted by molar-refractivity contribution is -0.145. The molecule has 1 aliphatic heterocycles. The molecule has 1 aromatic heterocycles. The topological polar surface area (TPSA) is 52.6 Å². The van der Waals surface area contributed by atoms with E-state index in [1.165, 1.54) is 18.2 Å². The molecular formula is C13H8ClFO4S. The average molecular weight is 315 g/mol. The molecule has 1 fully saturated rings. The minimum absolute atomic E-state index is 0.159. The van der Waals surface area contributed by atoms with Gasteiger partial charge < -0.3 is 9.47 Å². The van der Waals surface area contributed by atoms with Crippen LogP contribution in [-0.2, 0) is 14.3 Å². The number of thiophene rings is 1. The second kappa shape index (κ2) is 5.03. The molecule has 0 radical (unpaired) electrons. The lowest BCUT2D eigenvalue weighted by atomic mass is 10.2. The summed E-state index contributed by atoms with van der Waals surface area (Å²) in [6, 6.07) is 4.07. The highest BCUT2D eigenvalue weighted by atomic mass is 35.5. The third-order valence-corrected chi connectivity index (χ3v) is 4.55. The van der Waals surface area contributed by atoms with Crippen LogP contribution in [0.5, 0.6) is 0 Å². The van der Waals surface area contributed by atoms with Crippen LogP contribution in [0.25, 0.3) is 10.1 Å². The average Bonchev–Trinajstić information content (AvgIpc) is 2.94. The molecule has 2 aromatic rings. The van der Waals surface area contributed by atoms with Crippen molar-refractivity contribution in [3.8, 4) is 0 Å². The highest BCUT2D eigenvalue weighted by Gasteiger charge is 2.32. The fraction of sp³-hybridized carbons (Fsp3) is 0.231. The molecule has 1 atom stereocenters. The molecule has 0 N–H and O–H groups in total. The summed E-state index contributed by atoms with van der Waals surface area (Å²) in [6.07, 6.45) is -0.553. The normalized spacial score (nSPS) is 18.3. The Kier molecular flexibility index (Phi) is 3.35.